The summed E-state index contributed by atoms with van der Waals surface area (Å²) in [6.07, 6.45) is -2.07. The highest BCUT2D eigenvalue weighted by atomic mass is 127. The number of alkyl halides is 4. The molecule has 0 unspecified atom stereocenters. The molecule has 2 rings (SSSR count). The Balaban J connectivity index is 2.21. The van der Waals surface area contributed by atoms with Crippen molar-refractivity contribution in [2.45, 2.75) is 10.6 Å². The smallest absolute Gasteiger partial charge is 0.417 e. The molecule has 0 saturated heterocycles. The van der Waals surface area contributed by atoms with Crippen LogP contribution in [0.25, 0.3) is 0 Å². The first-order valence-electron chi connectivity index (χ1n) is 5.70. The average Bonchev–Trinajstić information content (AvgIpc) is 2.95. The van der Waals surface area contributed by atoms with Crippen molar-refractivity contribution in [3.8, 4) is 0 Å². The standard InChI is InChI=1S/C12H7F3IN3O3/c13-12(14,15)7-1-2-17-4-6(7)10(20)19-11(21)8-5-22-9(3-16)18-8/h1-2,4-5H,3H2,(H,19,20,21). The Hall–Kier alpha value is -1.98. The molecule has 0 fully saturated rings. The number of hydrogen-bond donors (Lipinski definition) is 1. The van der Waals surface area contributed by atoms with Crippen LogP contribution in [0, 0.1) is 0 Å². The van der Waals surface area contributed by atoms with Crippen molar-refractivity contribution in [2.24, 2.45) is 0 Å². The van der Waals surface area contributed by atoms with Gasteiger partial charge < -0.3 is 4.42 Å². The topological polar surface area (TPSA) is 85.1 Å². The first-order chi connectivity index (χ1) is 10.3. The Labute approximate surface area is 135 Å². The number of pyridine rings is 1. The molecule has 0 aromatic carbocycles. The summed E-state index contributed by atoms with van der Waals surface area (Å²) in [5.74, 6) is -1.91. The Morgan fingerprint density at radius 1 is 1.32 bits per heavy atom. The van der Waals surface area contributed by atoms with Crippen LogP contribution in [0.1, 0.15) is 32.3 Å². The second-order valence-corrected chi connectivity index (χ2v) is 4.73. The van der Waals surface area contributed by atoms with Gasteiger partial charge in [0.05, 0.1) is 15.6 Å². The molecule has 0 aliphatic rings. The number of nitrogens with zero attached hydrogens (tertiary/aromatic N) is 2. The van der Waals surface area contributed by atoms with Crippen LogP contribution in [0.3, 0.4) is 0 Å². The molecule has 0 aliphatic heterocycles. The lowest BCUT2D eigenvalue weighted by Gasteiger charge is -2.11. The monoisotopic (exact) mass is 425 g/mol. The van der Waals surface area contributed by atoms with E-state index in [1.165, 1.54) is 0 Å². The lowest BCUT2D eigenvalue weighted by molar-refractivity contribution is -0.138. The fourth-order valence-corrected chi connectivity index (χ4v) is 1.88. The number of aromatic nitrogens is 2. The number of rotatable bonds is 3. The zero-order valence-electron chi connectivity index (χ0n) is 10.6. The molecule has 0 radical (unpaired) electrons. The van der Waals surface area contributed by atoms with Gasteiger partial charge in [0.15, 0.2) is 5.69 Å². The second kappa shape index (κ2) is 6.42. The van der Waals surface area contributed by atoms with Crippen molar-refractivity contribution in [1.29, 1.82) is 0 Å². The number of nitrogens with one attached hydrogen (secondary N) is 1. The van der Waals surface area contributed by atoms with Crippen molar-refractivity contribution >= 4 is 34.4 Å². The number of hydrogen-bond acceptors (Lipinski definition) is 5. The summed E-state index contributed by atoms with van der Waals surface area (Å²) in [6, 6.07) is 0.656. The van der Waals surface area contributed by atoms with Crippen LogP contribution >= 0.6 is 22.6 Å². The third-order valence-electron chi connectivity index (χ3n) is 2.50. The molecule has 0 saturated carbocycles. The fraction of sp³-hybridized carbons (Fsp3) is 0.167. The van der Waals surface area contributed by atoms with Crippen molar-refractivity contribution in [3.05, 3.63) is 47.4 Å². The molecule has 2 aromatic rings. The molecular formula is C12H7F3IN3O3. The zero-order valence-corrected chi connectivity index (χ0v) is 12.8. The Kier molecular flexibility index (Phi) is 4.78. The molecule has 22 heavy (non-hydrogen) atoms. The number of amides is 2. The lowest BCUT2D eigenvalue weighted by atomic mass is 10.1. The van der Waals surface area contributed by atoms with Crippen LogP contribution in [0.4, 0.5) is 13.2 Å². The molecule has 2 aromatic heterocycles. The van der Waals surface area contributed by atoms with Crippen molar-refractivity contribution in [2.75, 3.05) is 0 Å². The van der Waals surface area contributed by atoms with Gasteiger partial charge in [-0.3, -0.25) is 19.9 Å². The molecule has 6 nitrogen and oxygen atoms in total. The Morgan fingerprint density at radius 2 is 2.05 bits per heavy atom. The van der Waals surface area contributed by atoms with Gasteiger partial charge in [0.25, 0.3) is 11.8 Å². The molecule has 0 bridgehead atoms. The maximum absolute atomic E-state index is 12.8. The summed E-state index contributed by atoms with van der Waals surface area (Å²) in [6.45, 7) is 0. The van der Waals surface area contributed by atoms with E-state index in [4.69, 9.17) is 4.42 Å². The third kappa shape index (κ3) is 3.61. The third-order valence-corrected chi connectivity index (χ3v) is 3.15. The maximum Gasteiger partial charge on any atom is 0.417 e. The van der Waals surface area contributed by atoms with Gasteiger partial charge >= 0.3 is 6.18 Å². The van der Waals surface area contributed by atoms with Gasteiger partial charge in [-0.25, -0.2) is 4.98 Å². The van der Waals surface area contributed by atoms with Gasteiger partial charge in [-0.05, 0) is 6.07 Å². The number of halogens is 4. The van der Waals surface area contributed by atoms with Gasteiger partial charge in [0.2, 0.25) is 5.89 Å². The minimum Gasteiger partial charge on any atom is -0.447 e. The Morgan fingerprint density at radius 3 is 2.64 bits per heavy atom. The SMILES string of the molecule is O=C(NC(=O)c1cnccc1C(F)(F)F)c1coc(CI)n1. The summed E-state index contributed by atoms with van der Waals surface area (Å²) >= 11 is 1.95. The molecule has 2 heterocycles. The quantitative estimate of drug-likeness (QED) is 0.465. The van der Waals surface area contributed by atoms with Crippen LogP contribution in [-0.4, -0.2) is 21.8 Å². The van der Waals surface area contributed by atoms with Gasteiger partial charge in [-0.1, -0.05) is 22.6 Å². The Bertz CT molecular complexity index is 715. The van der Waals surface area contributed by atoms with E-state index in [1.807, 2.05) is 27.9 Å². The molecule has 0 aliphatic carbocycles. The van der Waals surface area contributed by atoms with E-state index in [9.17, 15) is 22.8 Å². The summed E-state index contributed by atoms with van der Waals surface area (Å²) in [7, 11) is 0. The normalized spacial score (nSPS) is 11.3. The predicted molar refractivity (Wildman–Crippen MR) is 75.3 cm³/mol. The predicted octanol–water partition coefficient (Wildman–Crippen LogP) is 2.59. The molecular weight excluding hydrogens is 418 g/mol. The van der Waals surface area contributed by atoms with Gasteiger partial charge in [0.1, 0.15) is 6.26 Å². The minimum atomic E-state index is -4.74. The highest BCUT2D eigenvalue weighted by Crippen LogP contribution is 2.31. The average molecular weight is 425 g/mol. The van der Waals surface area contributed by atoms with Crippen LogP contribution in [0.2, 0.25) is 0 Å². The van der Waals surface area contributed by atoms with Crippen LogP contribution in [0.15, 0.2) is 29.1 Å². The number of carbonyl (C=O) groups is 2. The van der Waals surface area contributed by atoms with Crippen LogP contribution in [-0.2, 0) is 10.6 Å². The lowest BCUT2D eigenvalue weighted by Crippen LogP contribution is -2.32. The molecule has 1 N–H and O–H groups in total. The van der Waals surface area contributed by atoms with Crippen molar-refractivity contribution in [1.82, 2.24) is 15.3 Å². The van der Waals surface area contributed by atoms with E-state index in [2.05, 4.69) is 9.97 Å². The highest BCUT2D eigenvalue weighted by Gasteiger charge is 2.35. The van der Waals surface area contributed by atoms with E-state index in [0.717, 1.165) is 18.7 Å². The first-order valence-corrected chi connectivity index (χ1v) is 7.22. The summed E-state index contributed by atoms with van der Waals surface area (Å²) in [5.41, 5.74) is -2.13. The molecule has 2 amide bonds. The fourth-order valence-electron chi connectivity index (χ4n) is 1.53. The minimum absolute atomic E-state index is 0.197. The van der Waals surface area contributed by atoms with Gasteiger partial charge in [0, 0.05) is 12.4 Å². The van der Waals surface area contributed by atoms with E-state index in [-0.39, 0.29) is 11.6 Å². The molecule has 0 spiro atoms. The van der Waals surface area contributed by atoms with Gasteiger partial charge in [-0.2, -0.15) is 13.2 Å². The van der Waals surface area contributed by atoms with Crippen LogP contribution < -0.4 is 5.32 Å². The number of imide groups is 1. The van der Waals surface area contributed by atoms with E-state index < -0.39 is 29.1 Å². The summed E-state index contributed by atoms with van der Waals surface area (Å²) in [4.78, 5) is 30.8. The zero-order chi connectivity index (χ0) is 16.3. The van der Waals surface area contributed by atoms with Crippen molar-refractivity contribution < 1.29 is 27.2 Å². The highest BCUT2D eigenvalue weighted by molar-refractivity contribution is 14.1. The number of oxazole rings is 1. The summed E-state index contributed by atoms with van der Waals surface area (Å²) < 4.78 is 43.7. The molecule has 116 valence electrons. The van der Waals surface area contributed by atoms with Gasteiger partial charge in [-0.15, -0.1) is 0 Å². The van der Waals surface area contributed by atoms with E-state index in [0.29, 0.717) is 10.5 Å². The summed E-state index contributed by atoms with van der Waals surface area (Å²) in [5, 5.41) is 1.82. The largest absolute Gasteiger partial charge is 0.447 e. The number of carbonyl (C=O) groups excluding carboxylic acids is 2. The molecule has 0 atom stereocenters. The van der Waals surface area contributed by atoms with Crippen LogP contribution in [0.5, 0.6) is 0 Å². The van der Waals surface area contributed by atoms with E-state index >= 15 is 0 Å². The maximum atomic E-state index is 12.8. The molecule has 10 heteroatoms. The first kappa shape index (κ1) is 16.4. The second-order valence-electron chi connectivity index (χ2n) is 3.96. The van der Waals surface area contributed by atoms with Crippen molar-refractivity contribution in [3.63, 3.8) is 0 Å². The van der Waals surface area contributed by atoms with E-state index in [1.54, 1.807) is 0 Å².